The number of nitrogens with one attached hydrogen (secondary N) is 4. The molecule has 1 aliphatic rings. The summed E-state index contributed by atoms with van der Waals surface area (Å²) in [5, 5.41) is 33.7. The summed E-state index contributed by atoms with van der Waals surface area (Å²) in [5.74, 6) is -1.06. The minimum absolute atomic E-state index is 0.0964. The Balaban J connectivity index is 1.62. The predicted molar refractivity (Wildman–Crippen MR) is 210 cm³/mol. The first-order valence-corrected chi connectivity index (χ1v) is 19.4. The van der Waals surface area contributed by atoms with Crippen molar-refractivity contribution in [2.24, 2.45) is 5.41 Å². The highest BCUT2D eigenvalue weighted by molar-refractivity contribution is 7.09. The summed E-state index contributed by atoms with van der Waals surface area (Å²) in [6, 6.07) is 12.6. The Hall–Kier alpha value is -5.26. The summed E-state index contributed by atoms with van der Waals surface area (Å²) >= 11 is 1.48. The van der Waals surface area contributed by atoms with Gasteiger partial charge in [-0.2, -0.15) is 0 Å². The second kappa shape index (κ2) is 20.1. The molecule has 1 aliphatic heterocycles. The molecule has 0 unspecified atom stereocenters. The lowest BCUT2D eigenvalue weighted by Crippen LogP contribution is -2.60. The van der Waals surface area contributed by atoms with Crippen LogP contribution in [0.15, 0.2) is 60.0 Å². The Kier molecular flexibility index (Phi) is 15.6. The molecule has 0 radical (unpaired) electrons. The number of benzene rings is 2. The number of nitrogens with zero attached hydrogens (tertiary/aromatic N) is 4. The predicted octanol–water partition coefficient (Wildman–Crippen LogP) is 2.90. The summed E-state index contributed by atoms with van der Waals surface area (Å²) in [7, 11) is 1.54. The molecule has 0 saturated carbocycles. The number of aryl methyl sites for hydroxylation is 1. The number of hydrogen-bond acceptors (Lipinski definition) is 10. The van der Waals surface area contributed by atoms with Crippen LogP contribution >= 0.6 is 11.3 Å². The molecule has 0 bridgehead atoms. The molecular formula is C39H54N8O8S. The highest BCUT2D eigenvalue weighted by Crippen LogP contribution is 2.22. The van der Waals surface area contributed by atoms with E-state index in [0.717, 1.165) is 21.8 Å². The molecule has 6 amide bonds. The average Bonchev–Trinajstić information content (AvgIpc) is 3.73. The molecule has 1 saturated heterocycles. The van der Waals surface area contributed by atoms with Crippen molar-refractivity contribution in [2.45, 2.75) is 84.8 Å². The first kappa shape index (κ1) is 43.5. The summed E-state index contributed by atoms with van der Waals surface area (Å²) < 4.78 is 5.29. The van der Waals surface area contributed by atoms with Gasteiger partial charge < -0.3 is 40.7 Å². The smallest absolute Gasteiger partial charge is 0.405 e. The maximum absolute atomic E-state index is 14.3. The molecule has 2 aromatic carbocycles. The zero-order valence-corrected chi connectivity index (χ0v) is 33.6. The summed E-state index contributed by atoms with van der Waals surface area (Å²) in [6.45, 7) is 9.83. The third-order valence-electron chi connectivity index (χ3n) is 9.27. The molecule has 3 aromatic rings. The Labute approximate surface area is 331 Å². The monoisotopic (exact) mass is 794 g/mol. The van der Waals surface area contributed by atoms with Crippen molar-refractivity contribution in [3.63, 3.8) is 0 Å². The average molecular weight is 795 g/mol. The van der Waals surface area contributed by atoms with E-state index in [1.807, 2.05) is 42.6 Å². The van der Waals surface area contributed by atoms with E-state index in [2.05, 4.69) is 26.4 Å². The molecule has 304 valence electrons. The number of aromatic nitrogens is 1. The first-order chi connectivity index (χ1) is 26.6. The topological polar surface area (TPSA) is 206 Å². The number of hydrazine groups is 1. The molecule has 0 aliphatic carbocycles. The zero-order valence-electron chi connectivity index (χ0n) is 32.8. The van der Waals surface area contributed by atoms with Crippen molar-refractivity contribution in [2.75, 3.05) is 33.3 Å². The third kappa shape index (κ3) is 12.6. The fourth-order valence-electron chi connectivity index (χ4n) is 6.41. The molecule has 1 aromatic heterocycles. The van der Waals surface area contributed by atoms with E-state index < -0.39 is 59.5 Å². The third-order valence-corrected chi connectivity index (χ3v) is 10.1. The summed E-state index contributed by atoms with van der Waals surface area (Å²) in [6.07, 6.45) is -2.82. The van der Waals surface area contributed by atoms with Gasteiger partial charge in [0.1, 0.15) is 17.8 Å². The fourth-order valence-corrected chi connectivity index (χ4v) is 7.01. The Morgan fingerprint density at radius 1 is 1.00 bits per heavy atom. The molecular weight excluding hydrogens is 741 g/mol. The lowest BCUT2D eigenvalue weighted by atomic mass is 9.86. The van der Waals surface area contributed by atoms with Crippen LogP contribution in [-0.2, 0) is 33.9 Å². The van der Waals surface area contributed by atoms with Gasteiger partial charge in [-0.3, -0.25) is 19.8 Å². The number of aliphatic hydroxyl groups is 1. The van der Waals surface area contributed by atoms with Gasteiger partial charge >= 0.3 is 12.1 Å². The summed E-state index contributed by atoms with van der Waals surface area (Å²) in [5.41, 5.74) is 4.26. The van der Waals surface area contributed by atoms with Crippen molar-refractivity contribution in [1.82, 2.24) is 41.2 Å². The quantitative estimate of drug-likeness (QED) is 0.0980. The lowest BCUT2D eigenvalue weighted by Gasteiger charge is -2.35. The van der Waals surface area contributed by atoms with Gasteiger partial charge in [0.05, 0.1) is 42.9 Å². The minimum Gasteiger partial charge on any atom is -0.497 e. The van der Waals surface area contributed by atoms with Crippen LogP contribution in [-0.4, -0.2) is 117 Å². The van der Waals surface area contributed by atoms with E-state index in [-0.39, 0.29) is 39.0 Å². The molecule has 17 heteroatoms. The number of aliphatic hydroxyl groups excluding tert-OH is 1. The van der Waals surface area contributed by atoms with Crippen LogP contribution in [0.4, 0.5) is 9.59 Å². The van der Waals surface area contributed by atoms with Crippen LogP contribution in [0.2, 0.25) is 0 Å². The largest absolute Gasteiger partial charge is 0.497 e. The van der Waals surface area contributed by atoms with E-state index in [4.69, 9.17) is 4.74 Å². The van der Waals surface area contributed by atoms with Crippen molar-refractivity contribution in [1.29, 1.82) is 0 Å². The van der Waals surface area contributed by atoms with Gasteiger partial charge in [0, 0.05) is 38.1 Å². The van der Waals surface area contributed by atoms with Gasteiger partial charge in [0.15, 0.2) is 0 Å². The van der Waals surface area contributed by atoms with Gasteiger partial charge in [0.2, 0.25) is 11.8 Å². The molecule has 6 N–H and O–H groups in total. The highest BCUT2D eigenvalue weighted by Gasteiger charge is 2.40. The molecule has 0 spiro atoms. The molecule has 2 heterocycles. The number of carbonyl (C=O) groups is 5. The SMILES string of the molecule is CCNC(=O)C[C@@H](C(=O)N[C@@H](Cc1ccccc1)[C@@H](O)CN(Cc1ccc(OC)cc1)NC(=O)[C@@H](NC(=O)O)C(C)(C)C)N1CCN(Cc2csc(C)n2)C1=O. The number of ether oxygens (including phenoxy) is 1. The molecule has 16 nitrogen and oxygen atoms in total. The van der Waals surface area contributed by atoms with Gasteiger partial charge in [-0.05, 0) is 48.9 Å². The standard InChI is InChI=1S/C39H54N8O8S/c1-7-40-33(49)20-31(47-18-17-45(38(47)54)22-28-24-56-25(2)41-28)35(50)42-30(19-26-11-9-8-10-12-26)32(48)23-46(21-27-13-15-29(55-6)16-14-27)44-36(51)34(39(3,4)5)43-37(52)53/h8-16,24,30-32,34,43,48H,7,17-23H2,1-6H3,(H,40,49)(H,42,50)(H,44,51)(H,52,53)/t30-,31-,32-,34+/m0/s1. The first-order valence-electron chi connectivity index (χ1n) is 18.5. The van der Waals surface area contributed by atoms with Crippen molar-refractivity contribution in [3.8, 4) is 5.75 Å². The number of carboxylic acid groups (broad SMARTS) is 1. The fraction of sp³-hybridized carbons (Fsp3) is 0.487. The number of thiazole rings is 1. The number of amides is 6. The van der Waals surface area contributed by atoms with Gasteiger partial charge in [-0.25, -0.2) is 19.6 Å². The Bertz CT molecular complexity index is 1790. The van der Waals surface area contributed by atoms with Crippen molar-refractivity contribution < 1.29 is 38.9 Å². The van der Waals surface area contributed by atoms with Gasteiger partial charge in [-0.1, -0.05) is 63.2 Å². The van der Waals surface area contributed by atoms with Crippen LogP contribution < -0.4 is 26.1 Å². The van der Waals surface area contributed by atoms with Crippen molar-refractivity contribution >= 4 is 41.2 Å². The number of hydrogen-bond donors (Lipinski definition) is 6. The van der Waals surface area contributed by atoms with Crippen LogP contribution in [0, 0.1) is 12.3 Å². The molecule has 1 fully saturated rings. The van der Waals surface area contributed by atoms with E-state index in [1.165, 1.54) is 21.2 Å². The van der Waals surface area contributed by atoms with Crippen LogP contribution in [0.25, 0.3) is 0 Å². The second-order valence-corrected chi connectivity index (χ2v) is 15.8. The summed E-state index contributed by atoms with van der Waals surface area (Å²) in [4.78, 5) is 73.8. The van der Waals surface area contributed by atoms with Crippen LogP contribution in [0.1, 0.15) is 55.9 Å². The lowest BCUT2D eigenvalue weighted by molar-refractivity contribution is -0.133. The zero-order chi connectivity index (χ0) is 41.0. The van der Waals surface area contributed by atoms with Crippen LogP contribution in [0.3, 0.4) is 0 Å². The number of methoxy groups -OCH3 is 1. The molecule has 4 rings (SSSR count). The number of carbonyl (C=O) groups excluding carboxylic acids is 4. The maximum Gasteiger partial charge on any atom is 0.405 e. The van der Waals surface area contributed by atoms with Gasteiger partial charge in [-0.15, -0.1) is 11.3 Å². The van der Waals surface area contributed by atoms with E-state index in [9.17, 15) is 34.2 Å². The number of urea groups is 1. The second-order valence-electron chi connectivity index (χ2n) is 14.8. The van der Waals surface area contributed by atoms with Gasteiger partial charge in [0.25, 0.3) is 5.91 Å². The molecule has 56 heavy (non-hydrogen) atoms. The van der Waals surface area contributed by atoms with Crippen molar-refractivity contribution in [3.05, 3.63) is 81.8 Å². The Morgan fingerprint density at radius 2 is 1.70 bits per heavy atom. The van der Waals surface area contributed by atoms with Crippen LogP contribution in [0.5, 0.6) is 5.75 Å². The maximum atomic E-state index is 14.3. The van der Waals surface area contributed by atoms with E-state index in [1.54, 1.807) is 64.0 Å². The minimum atomic E-state index is -1.37. The highest BCUT2D eigenvalue weighted by atomic mass is 32.1. The molecule has 4 atom stereocenters. The van der Waals surface area contributed by atoms with E-state index in [0.29, 0.717) is 18.8 Å². The normalized spacial score (nSPS) is 15.2. The van der Waals surface area contributed by atoms with E-state index >= 15 is 0 Å². The Morgan fingerprint density at radius 3 is 2.29 bits per heavy atom. The number of rotatable bonds is 19.